The standard InChI is InChI=1S/C19H30N2O/c1-2-3-4-5-6-7-11-20-13-16-12-17(15-20)18-9-8-10-19(22)21(18)14-16/h8-10,16-17H,2-7,11-15H2,1H3/t16-,17+/m0/s1. The highest BCUT2D eigenvalue weighted by Gasteiger charge is 2.33. The van der Waals surface area contributed by atoms with E-state index in [1.807, 2.05) is 10.6 Å². The second-order valence-electron chi connectivity index (χ2n) is 7.23. The van der Waals surface area contributed by atoms with E-state index in [1.165, 1.54) is 63.7 Å². The molecule has 0 aliphatic carbocycles. The molecule has 22 heavy (non-hydrogen) atoms. The molecule has 2 atom stereocenters. The van der Waals surface area contributed by atoms with Gasteiger partial charge in [-0.2, -0.15) is 0 Å². The molecule has 3 heteroatoms. The molecule has 3 rings (SSSR count). The van der Waals surface area contributed by atoms with E-state index in [9.17, 15) is 4.79 Å². The Labute approximate surface area is 134 Å². The summed E-state index contributed by atoms with van der Waals surface area (Å²) >= 11 is 0. The van der Waals surface area contributed by atoms with Crippen LogP contribution in [-0.4, -0.2) is 29.1 Å². The molecule has 0 aromatic carbocycles. The molecular formula is C19H30N2O. The second-order valence-corrected chi connectivity index (χ2v) is 7.23. The van der Waals surface area contributed by atoms with E-state index in [0.29, 0.717) is 11.8 Å². The predicted molar refractivity (Wildman–Crippen MR) is 91.4 cm³/mol. The third kappa shape index (κ3) is 3.62. The lowest BCUT2D eigenvalue weighted by Crippen LogP contribution is -2.47. The normalized spacial score (nSPS) is 24.2. The van der Waals surface area contributed by atoms with E-state index in [0.717, 1.165) is 13.1 Å². The minimum atomic E-state index is 0.191. The van der Waals surface area contributed by atoms with Gasteiger partial charge < -0.3 is 9.47 Å². The van der Waals surface area contributed by atoms with Crippen molar-refractivity contribution in [2.45, 2.75) is 64.3 Å². The molecule has 122 valence electrons. The van der Waals surface area contributed by atoms with Gasteiger partial charge in [0.25, 0.3) is 5.56 Å². The van der Waals surface area contributed by atoms with Gasteiger partial charge in [-0.1, -0.05) is 45.1 Å². The van der Waals surface area contributed by atoms with Gasteiger partial charge >= 0.3 is 0 Å². The summed E-state index contributed by atoms with van der Waals surface area (Å²) in [4.78, 5) is 14.7. The van der Waals surface area contributed by atoms with Crippen LogP contribution in [-0.2, 0) is 6.54 Å². The summed E-state index contributed by atoms with van der Waals surface area (Å²) in [5, 5.41) is 0. The minimum Gasteiger partial charge on any atom is -0.312 e. The summed E-state index contributed by atoms with van der Waals surface area (Å²) < 4.78 is 2.03. The van der Waals surface area contributed by atoms with Crippen molar-refractivity contribution in [1.82, 2.24) is 9.47 Å². The Kier molecular flexibility index (Phi) is 5.35. The maximum Gasteiger partial charge on any atom is 0.250 e. The lowest BCUT2D eigenvalue weighted by atomic mass is 9.83. The van der Waals surface area contributed by atoms with E-state index >= 15 is 0 Å². The fourth-order valence-corrected chi connectivity index (χ4v) is 4.29. The van der Waals surface area contributed by atoms with Crippen LogP contribution in [0, 0.1) is 5.92 Å². The molecule has 0 unspecified atom stereocenters. The molecule has 3 nitrogen and oxygen atoms in total. The molecule has 0 N–H and O–H groups in total. The number of piperidine rings is 1. The first-order valence-corrected chi connectivity index (χ1v) is 9.20. The summed E-state index contributed by atoms with van der Waals surface area (Å²) in [6.45, 7) is 6.78. The molecule has 2 aliphatic heterocycles. The molecular weight excluding hydrogens is 272 g/mol. The number of hydrogen-bond acceptors (Lipinski definition) is 2. The van der Waals surface area contributed by atoms with Crippen LogP contribution in [0.15, 0.2) is 23.0 Å². The largest absolute Gasteiger partial charge is 0.312 e. The SMILES string of the molecule is CCCCCCCCN1C[C@@H]2C[C@H](C1)c1cccc(=O)n1C2. The molecule has 1 saturated heterocycles. The number of unbranched alkanes of at least 4 members (excludes halogenated alkanes) is 5. The van der Waals surface area contributed by atoms with Crippen molar-refractivity contribution < 1.29 is 0 Å². The van der Waals surface area contributed by atoms with Gasteiger partial charge in [0.1, 0.15) is 0 Å². The zero-order chi connectivity index (χ0) is 15.4. The summed E-state index contributed by atoms with van der Waals surface area (Å²) in [6, 6.07) is 5.80. The van der Waals surface area contributed by atoms with Crippen LogP contribution >= 0.6 is 0 Å². The number of aromatic nitrogens is 1. The molecule has 1 aromatic rings. The lowest BCUT2D eigenvalue weighted by Gasteiger charge is -2.42. The van der Waals surface area contributed by atoms with Crippen molar-refractivity contribution in [2.24, 2.45) is 5.92 Å². The fourth-order valence-electron chi connectivity index (χ4n) is 4.29. The predicted octanol–water partition coefficient (Wildman–Crippen LogP) is 3.63. The van der Waals surface area contributed by atoms with Crippen molar-refractivity contribution >= 4 is 0 Å². The molecule has 2 aliphatic rings. The third-order valence-corrected chi connectivity index (χ3v) is 5.38. The summed E-state index contributed by atoms with van der Waals surface area (Å²) in [5.74, 6) is 1.24. The summed E-state index contributed by atoms with van der Waals surface area (Å²) in [5.41, 5.74) is 1.47. The summed E-state index contributed by atoms with van der Waals surface area (Å²) in [7, 11) is 0. The summed E-state index contributed by atoms with van der Waals surface area (Å²) in [6.07, 6.45) is 9.50. The third-order valence-electron chi connectivity index (χ3n) is 5.38. The van der Waals surface area contributed by atoms with Crippen LogP contribution in [0.3, 0.4) is 0 Å². The number of fused-ring (bicyclic) bond motifs is 4. The number of nitrogens with zero attached hydrogens (tertiary/aromatic N) is 2. The highest BCUT2D eigenvalue weighted by Crippen LogP contribution is 2.34. The van der Waals surface area contributed by atoms with Crippen LogP contribution in [0.4, 0.5) is 0 Å². The van der Waals surface area contributed by atoms with E-state index in [-0.39, 0.29) is 5.56 Å². The van der Waals surface area contributed by atoms with E-state index in [4.69, 9.17) is 0 Å². The molecule has 2 bridgehead atoms. The fraction of sp³-hybridized carbons (Fsp3) is 0.737. The number of rotatable bonds is 7. The average molecular weight is 302 g/mol. The van der Waals surface area contributed by atoms with Gasteiger partial charge in [-0.3, -0.25) is 4.79 Å². The van der Waals surface area contributed by atoms with E-state index in [2.05, 4.69) is 17.9 Å². The van der Waals surface area contributed by atoms with Gasteiger partial charge in [-0.25, -0.2) is 0 Å². The first kappa shape index (κ1) is 15.8. The maximum absolute atomic E-state index is 12.0. The molecule has 0 radical (unpaired) electrons. The Bertz CT molecular complexity index is 536. The van der Waals surface area contributed by atoms with Crippen molar-refractivity contribution in [3.63, 3.8) is 0 Å². The Morgan fingerprint density at radius 1 is 1.05 bits per heavy atom. The van der Waals surface area contributed by atoms with Crippen molar-refractivity contribution in [3.8, 4) is 0 Å². The van der Waals surface area contributed by atoms with Gasteiger partial charge in [-0.15, -0.1) is 0 Å². The van der Waals surface area contributed by atoms with Crippen LogP contribution in [0.1, 0.15) is 63.5 Å². The van der Waals surface area contributed by atoms with Crippen molar-refractivity contribution in [1.29, 1.82) is 0 Å². The van der Waals surface area contributed by atoms with Crippen LogP contribution in [0.5, 0.6) is 0 Å². The number of likely N-dealkylation sites (tertiary alicyclic amines) is 1. The highest BCUT2D eigenvalue weighted by atomic mass is 16.1. The first-order chi connectivity index (χ1) is 10.8. The van der Waals surface area contributed by atoms with Gasteiger partial charge in [0.2, 0.25) is 0 Å². The van der Waals surface area contributed by atoms with Crippen molar-refractivity contribution in [3.05, 3.63) is 34.2 Å². The van der Waals surface area contributed by atoms with Crippen LogP contribution < -0.4 is 5.56 Å². The monoisotopic (exact) mass is 302 g/mol. The molecule has 1 fully saturated rings. The average Bonchev–Trinajstić information content (AvgIpc) is 2.52. The van der Waals surface area contributed by atoms with Gasteiger partial charge in [0.15, 0.2) is 0 Å². The first-order valence-electron chi connectivity index (χ1n) is 9.20. The van der Waals surface area contributed by atoms with Crippen molar-refractivity contribution in [2.75, 3.05) is 19.6 Å². The van der Waals surface area contributed by atoms with Gasteiger partial charge in [0.05, 0.1) is 0 Å². The Hall–Kier alpha value is -1.09. The molecule has 3 heterocycles. The molecule has 0 amide bonds. The molecule has 1 aromatic heterocycles. The topological polar surface area (TPSA) is 25.2 Å². The highest BCUT2D eigenvalue weighted by molar-refractivity contribution is 5.16. The molecule has 0 saturated carbocycles. The van der Waals surface area contributed by atoms with Crippen LogP contribution in [0.2, 0.25) is 0 Å². The second kappa shape index (κ2) is 7.45. The van der Waals surface area contributed by atoms with E-state index < -0.39 is 0 Å². The lowest BCUT2D eigenvalue weighted by molar-refractivity contribution is 0.118. The van der Waals surface area contributed by atoms with Gasteiger partial charge in [0, 0.05) is 37.3 Å². The molecule has 0 spiro atoms. The smallest absolute Gasteiger partial charge is 0.250 e. The maximum atomic E-state index is 12.0. The Morgan fingerprint density at radius 3 is 2.73 bits per heavy atom. The number of hydrogen-bond donors (Lipinski definition) is 0. The minimum absolute atomic E-state index is 0.191. The van der Waals surface area contributed by atoms with Gasteiger partial charge in [-0.05, 0) is 31.4 Å². The number of pyridine rings is 1. The van der Waals surface area contributed by atoms with E-state index in [1.54, 1.807) is 6.07 Å². The zero-order valence-electron chi connectivity index (χ0n) is 14.0. The Balaban J connectivity index is 1.52. The Morgan fingerprint density at radius 2 is 1.86 bits per heavy atom. The zero-order valence-corrected chi connectivity index (χ0v) is 14.0. The quantitative estimate of drug-likeness (QED) is 0.719. The van der Waals surface area contributed by atoms with Crippen LogP contribution in [0.25, 0.3) is 0 Å².